The number of hydrazone groups is 1. The minimum atomic E-state index is -0.231. The zero-order valence-electron chi connectivity index (χ0n) is 15.0. The molecule has 1 saturated heterocycles. The van der Waals surface area contributed by atoms with E-state index in [-0.39, 0.29) is 35.5 Å². The lowest BCUT2D eigenvalue weighted by Gasteiger charge is -2.37. The third kappa shape index (κ3) is 2.33. The summed E-state index contributed by atoms with van der Waals surface area (Å²) in [6.07, 6.45) is 6.99. The second-order valence-electron chi connectivity index (χ2n) is 7.63. The van der Waals surface area contributed by atoms with Crippen LogP contribution in [0.2, 0.25) is 0 Å². The van der Waals surface area contributed by atoms with Crippen LogP contribution < -0.4 is 9.47 Å². The molecule has 1 aromatic carbocycles. The largest absolute Gasteiger partial charge is 0.493 e. The van der Waals surface area contributed by atoms with Crippen LogP contribution in [0.5, 0.6) is 11.5 Å². The lowest BCUT2D eigenvalue weighted by Crippen LogP contribution is -2.40. The van der Waals surface area contributed by atoms with Gasteiger partial charge in [0.25, 0.3) is 11.8 Å². The molecule has 3 fully saturated rings. The Balaban J connectivity index is 1.43. The van der Waals surface area contributed by atoms with Crippen LogP contribution >= 0.6 is 15.9 Å². The molecular formula is C20H19BrN2O4. The zero-order valence-corrected chi connectivity index (χ0v) is 16.5. The summed E-state index contributed by atoms with van der Waals surface area (Å²) in [5, 5.41) is 5.33. The second-order valence-corrected chi connectivity index (χ2v) is 8.48. The molecule has 5 aliphatic rings. The zero-order chi connectivity index (χ0) is 18.9. The lowest BCUT2D eigenvalue weighted by molar-refractivity contribution is -0.140. The summed E-state index contributed by atoms with van der Waals surface area (Å²) >= 11 is 3.44. The number of carbonyl (C=O) groups is 2. The van der Waals surface area contributed by atoms with Crippen LogP contribution in [0.4, 0.5) is 0 Å². The molecule has 6 rings (SSSR count). The molecule has 1 aromatic rings. The van der Waals surface area contributed by atoms with Crippen LogP contribution in [0, 0.1) is 35.5 Å². The molecule has 140 valence electrons. The topological polar surface area (TPSA) is 68.2 Å². The Morgan fingerprint density at radius 1 is 1.07 bits per heavy atom. The van der Waals surface area contributed by atoms with Gasteiger partial charge in [0.15, 0.2) is 11.5 Å². The first-order valence-electron chi connectivity index (χ1n) is 9.06. The van der Waals surface area contributed by atoms with E-state index in [0.29, 0.717) is 33.4 Å². The summed E-state index contributed by atoms with van der Waals surface area (Å²) in [7, 11) is 3.12. The van der Waals surface area contributed by atoms with Crippen molar-refractivity contribution in [3.05, 3.63) is 34.3 Å². The van der Waals surface area contributed by atoms with Crippen molar-refractivity contribution < 1.29 is 19.1 Å². The number of carbonyl (C=O) groups excluding carboxylic acids is 2. The predicted molar refractivity (Wildman–Crippen MR) is 101 cm³/mol. The third-order valence-electron chi connectivity index (χ3n) is 6.42. The number of allylic oxidation sites excluding steroid dienone is 2. The molecule has 0 N–H and O–H groups in total. The summed E-state index contributed by atoms with van der Waals surface area (Å²) in [6.45, 7) is 0. The summed E-state index contributed by atoms with van der Waals surface area (Å²) in [5.41, 5.74) is 0.707. The first-order chi connectivity index (χ1) is 13.0. The number of nitrogens with zero attached hydrogens (tertiary/aromatic N) is 2. The number of amides is 2. The standard InChI is InChI=1S/C20H19BrN2O4/c1-26-15-6-9(5-14(21)18(15)27-2)8-22-23-19(24)16-10-3-4-11(13-7-12(10)13)17(16)20(23)25/h3-6,8,10-13,16-17H,7H2,1-2H3/b22-8-/t10-,11-,12-,13-,16+,17+/m0/s1. The van der Waals surface area contributed by atoms with Gasteiger partial charge < -0.3 is 9.47 Å². The number of methoxy groups -OCH3 is 2. The molecule has 2 bridgehead atoms. The minimum Gasteiger partial charge on any atom is -0.493 e. The maximum atomic E-state index is 12.9. The van der Waals surface area contributed by atoms with Gasteiger partial charge in [-0.3, -0.25) is 9.59 Å². The SMILES string of the molecule is COc1cc(/C=N\N2C(=O)[C@@H]3[C@H]4C=C[C@@H]([C@@H]5C[C@@H]45)[C@H]3C2=O)cc(Br)c1OC. The quantitative estimate of drug-likeness (QED) is 0.418. The van der Waals surface area contributed by atoms with Gasteiger partial charge in [0.2, 0.25) is 0 Å². The Hall–Kier alpha value is -2.15. The van der Waals surface area contributed by atoms with Crippen LogP contribution in [0.15, 0.2) is 33.9 Å². The molecule has 1 heterocycles. The molecule has 6 atom stereocenters. The fraction of sp³-hybridized carbons (Fsp3) is 0.450. The predicted octanol–water partition coefficient (Wildman–Crippen LogP) is 2.85. The first kappa shape index (κ1) is 17.0. The summed E-state index contributed by atoms with van der Waals surface area (Å²) in [6, 6.07) is 3.56. The molecule has 1 aliphatic heterocycles. The molecule has 27 heavy (non-hydrogen) atoms. The highest BCUT2D eigenvalue weighted by molar-refractivity contribution is 9.10. The van der Waals surface area contributed by atoms with Crippen molar-refractivity contribution in [1.82, 2.24) is 5.01 Å². The van der Waals surface area contributed by atoms with Gasteiger partial charge in [-0.2, -0.15) is 10.1 Å². The lowest BCUT2D eigenvalue weighted by atomic mass is 9.63. The molecule has 6 nitrogen and oxygen atoms in total. The average molecular weight is 431 g/mol. The minimum absolute atomic E-state index is 0.162. The summed E-state index contributed by atoms with van der Waals surface area (Å²) in [5.74, 6) is 1.92. The Kier molecular flexibility index (Phi) is 3.73. The summed E-state index contributed by atoms with van der Waals surface area (Å²) < 4.78 is 11.3. The number of hydrogen-bond acceptors (Lipinski definition) is 5. The second kappa shape index (κ2) is 5.92. The van der Waals surface area contributed by atoms with Crippen molar-refractivity contribution in [2.45, 2.75) is 6.42 Å². The molecule has 2 amide bonds. The first-order valence-corrected chi connectivity index (χ1v) is 9.86. The van der Waals surface area contributed by atoms with Gasteiger partial charge in [-0.1, -0.05) is 12.2 Å². The fourth-order valence-corrected chi connectivity index (χ4v) is 5.81. The highest BCUT2D eigenvalue weighted by Gasteiger charge is 2.67. The molecule has 0 unspecified atom stereocenters. The van der Waals surface area contributed by atoms with E-state index in [1.54, 1.807) is 20.3 Å². The van der Waals surface area contributed by atoms with Crippen molar-refractivity contribution in [3.63, 3.8) is 0 Å². The Labute approximate surface area is 165 Å². The average Bonchev–Trinajstić information content (AvgIpc) is 3.45. The fourth-order valence-electron chi connectivity index (χ4n) is 5.19. The highest BCUT2D eigenvalue weighted by atomic mass is 79.9. The Morgan fingerprint density at radius 2 is 1.70 bits per heavy atom. The normalized spacial score (nSPS) is 35.6. The number of halogens is 1. The summed E-state index contributed by atoms with van der Waals surface area (Å²) in [4.78, 5) is 25.8. The van der Waals surface area contributed by atoms with Crippen LogP contribution in [0.1, 0.15) is 12.0 Å². The highest BCUT2D eigenvalue weighted by Crippen LogP contribution is 2.65. The number of rotatable bonds is 4. The van der Waals surface area contributed by atoms with Crippen molar-refractivity contribution in [3.8, 4) is 11.5 Å². The van der Waals surface area contributed by atoms with Gasteiger partial charge in [0.05, 0.1) is 36.7 Å². The van der Waals surface area contributed by atoms with E-state index >= 15 is 0 Å². The molecule has 0 spiro atoms. The van der Waals surface area contributed by atoms with E-state index in [4.69, 9.17) is 9.47 Å². The number of benzene rings is 1. The van der Waals surface area contributed by atoms with Crippen LogP contribution in [-0.2, 0) is 9.59 Å². The van der Waals surface area contributed by atoms with Crippen molar-refractivity contribution >= 4 is 34.0 Å². The maximum absolute atomic E-state index is 12.9. The van der Waals surface area contributed by atoms with E-state index in [1.165, 1.54) is 6.21 Å². The number of imide groups is 1. The van der Waals surface area contributed by atoms with Crippen LogP contribution in [0.25, 0.3) is 0 Å². The third-order valence-corrected chi connectivity index (χ3v) is 7.01. The van der Waals surface area contributed by atoms with Gasteiger partial charge in [0, 0.05) is 0 Å². The monoisotopic (exact) mass is 430 g/mol. The Morgan fingerprint density at radius 3 is 2.26 bits per heavy atom. The van der Waals surface area contributed by atoms with Crippen LogP contribution in [0.3, 0.4) is 0 Å². The smallest absolute Gasteiger partial charge is 0.254 e. The molecule has 4 aliphatic carbocycles. The maximum Gasteiger partial charge on any atom is 0.254 e. The van der Waals surface area contributed by atoms with Gasteiger partial charge in [-0.15, -0.1) is 0 Å². The van der Waals surface area contributed by atoms with E-state index in [1.807, 2.05) is 6.07 Å². The van der Waals surface area contributed by atoms with Gasteiger partial charge in [0.1, 0.15) is 0 Å². The van der Waals surface area contributed by atoms with Gasteiger partial charge in [-0.05, 0) is 63.7 Å². The molecule has 0 radical (unpaired) electrons. The molecular weight excluding hydrogens is 412 g/mol. The van der Waals surface area contributed by atoms with E-state index in [0.717, 1.165) is 11.4 Å². The van der Waals surface area contributed by atoms with Gasteiger partial charge >= 0.3 is 0 Å². The van der Waals surface area contributed by atoms with Gasteiger partial charge in [-0.25, -0.2) is 0 Å². The van der Waals surface area contributed by atoms with E-state index < -0.39 is 0 Å². The molecule has 7 heteroatoms. The van der Waals surface area contributed by atoms with Crippen molar-refractivity contribution in [1.29, 1.82) is 0 Å². The Bertz CT molecular complexity index is 875. The molecule has 0 aromatic heterocycles. The molecule has 2 saturated carbocycles. The number of ether oxygens (including phenoxy) is 2. The van der Waals surface area contributed by atoms with E-state index in [9.17, 15) is 9.59 Å². The van der Waals surface area contributed by atoms with Crippen molar-refractivity contribution in [2.75, 3.05) is 14.2 Å². The van der Waals surface area contributed by atoms with Crippen LogP contribution in [-0.4, -0.2) is 37.3 Å². The van der Waals surface area contributed by atoms with Crippen molar-refractivity contribution in [2.24, 2.45) is 40.6 Å². The van der Waals surface area contributed by atoms with E-state index in [2.05, 4.69) is 33.2 Å². The number of hydrogen-bond donors (Lipinski definition) is 0.